The maximum absolute atomic E-state index is 9.70. The highest BCUT2D eigenvalue weighted by atomic mass is 16.5. The molecule has 0 radical (unpaired) electrons. The molecular weight excluding hydrogens is 128 g/mol. The van der Waals surface area contributed by atoms with Gasteiger partial charge in [0.15, 0.2) is 0 Å². The van der Waals surface area contributed by atoms with Gasteiger partial charge in [-0.3, -0.25) is 0 Å². The van der Waals surface area contributed by atoms with Crippen LogP contribution in [0.15, 0.2) is 0 Å². The fraction of sp³-hybridized carbons (Fsp3) is 1.00. The topological polar surface area (TPSA) is 29.5 Å². The van der Waals surface area contributed by atoms with Crippen LogP contribution in [0.5, 0.6) is 0 Å². The highest BCUT2D eigenvalue weighted by molar-refractivity contribution is 4.96. The van der Waals surface area contributed by atoms with E-state index in [1.54, 1.807) is 7.11 Å². The molecule has 0 saturated heterocycles. The predicted octanol–water partition coefficient (Wildman–Crippen LogP) is 1.04. The molecule has 0 spiro atoms. The molecule has 3 unspecified atom stereocenters. The molecule has 0 amide bonds. The summed E-state index contributed by atoms with van der Waals surface area (Å²) in [6.45, 7) is 4.47. The average molecular weight is 144 g/mol. The summed E-state index contributed by atoms with van der Waals surface area (Å²) in [6.07, 6.45) is 1.15. The number of ether oxygens (including phenoxy) is 1. The van der Waals surface area contributed by atoms with Gasteiger partial charge in [-0.05, 0) is 25.2 Å². The van der Waals surface area contributed by atoms with Gasteiger partial charge in [0.25, 0.3) is 0 Å². The van der Waals surface area contributed by atoms with E-state index < -0.39 is 5.60 Å². The Morgan fingerprint density at radius 1 is 1.70 bits per heavy atom. The zero-order valence-electron chi connectivity index (χ0n) is 6.92. The fourth-order valence-corrected chi connectivity index (χ4v) is 1.59. The number of hydrogen-bond donors (Lipinski definition) is 1. The molecule has 60 valence electrons. The Labute approximate surface area is 62.2 Å². The fourth-order valence-electron chi connectivity index (χ4n) is 1.59. The molecule has 2 heteroatoms. The van der Waals surface area contributed by atoms with E-state index in [1.807, 2.05) is 6.92 Å². The van der Waals surface area contributed by atoms with E-state index in [0.717, 1.165) is 6.42 Å². The third-order valence-electron chi connectivity index (χ3n) is 2.34. The van der Waals surface area contributed by atoms with Crippen LogP contribution in [-0.2, 0) is 4.74 Å². The molecule has 10 heavy (non-hydrogen) atoms. The monoisotopic (exact) mass is 144 g/mol. The SMILES string of the molecule is COCC(C)(O)C1CC1C. The highest BCUT2D eigenvalue weighted by Crippen LogP contribution is 2.45. The first-order chi connectivity index (χ1) is 4.58. The van der Waals surface area contributed by atoms with Crippen molar-refractivity contribution in [3.05, 3.63) is 0 Å². The van der Waals surface area contributed by atoms with Crippen molar-refractivity contribution in [2.24, 2.45) is 11.8 Å². The molecule has 2 nitrogen and oxygen atoms in total. The van der Waals surface area contributed by atoms with Gasteiger partial charge in [0, 0.05) is 7.11 Å². The first-order valence-corrected chi connectivity index (χ1v) is 3.79. The summed E-state index contributed by atoms with van der Waals surface area (Å²) < 4.78 is 4.91. The van der Waals surface area contributed by atoms with E-state index in [2.05, 4.69) is 6.92 Å². The van der Waals surface area contributed by atoms with E-state index in [-0.39, 0.29) is 0 Å². The van der Waals surface area contributed by atoms with Gasteiger partial charge in [0.1, 0.15) is 0 Å². The molecule has 1 aliphatic carbocycles. The van der Waals surface area contributed by atoms with Crippen LogP contribution in [-0.4, -0.2) is 24.4 Å². The Bertz CT molecular complexity index is 120. The molecule has 0 aromatic rings. The van der Waals surface area contributed by atoms with E-state index in [0.29, 0.717) is 18.4 Å². The molecule has 3 atom stereocenters. The Morgan fingerprint density at radius 3 is 2.50 bits per heavy atom. The molecule has 0 bridgehead atoms. The minimum atomic E-state index is -0.589. The van der Waals surface area contributed by atoms with Crippen molar-refractivity contribution in [1.82, 2.24) is 0 Å². The van der Waals surface area contributed by atoms with Crippen molar-refractivity contribution in [3.8, 4) is 0 Å². The molecule has 1 N–H and O–H groups in total. The van der Waals surface area contributed by atoms with Crippen LogP contribution in [0.4, 0.5) is 0 Å². The number of hydrogen-bond acceptors (Lipinski definition) is 2. The number of rotatable bonds is 3. The predicted molar refractivity (Wildman–Crippen MR) is 39.8 cm³/mol. The molecule has 1 saturated carbocycles. The van der Waals surface area contributed by atoms with Crippen molar-refractivity contribution in [2.45, 2.75) is 25.9 Å². The standard InChI is InChI=1S/C8H16O2/c1-6-4-7(6)8(2,9)5-10-3/h6-7,9H,4-5H2,1-3H3. The Balaban J connectivity index is 2.36. The summed E-state index contributed by atoms with van der Waals surface area (Å²) >= 11 is 0. The van der Waals surface area contributed by atoms with Gasteiger partial charge in [-0.15, -0.1) is 0 Å². The molecule has 0 heterocycles. The maximum Gasteiger partial charge on any atom is 0.0882 e. The lowest BCUT2D eigenvalue weighted by molar-refractivity contribution is -0.0362. The zero-order chi connectivity index (χ0) is 7.78. The van der Waals surface area contributed by atoms with Gasteiger partial charge < -0.3 is 9.84 Å². The second-order valence-electron chi connectivity index (χ2n) is 3.61. The van der Waals surface area contributed by atoms with Gasteiger partial charge in [-0.25, -0.2) is 0 Å². The van der Waals surface area contributed by atoms with Gasteiger partial charge in [-0.2, -0.15) is 0 Å². The first kappa shape index (κ1) is 8.02. The quantitative estimate of drug-likeness (QED) is 0.641. The minimum absolute atomic E-state index is 0.460. The van der Waals surface area contributed by atoms with Crippen molar-refractivity contribution in [1.29, 1.82) is 0 Å². The number of methoxy groups -OCH3 is 1. The normalized spacial score (nSPS) is 37.2. The first-order valence-electron chi connectivity index (χ1n) is 3.79. The second-order valence-corrected chi connectivity index (χ2v) is 3.61. The zero-order valence-corrected chi connectivity index (χ0v) is 6.92. The van der Waals surface area contributed by atoms with E-state index in [9.17, 15) is 5.11 Å². The van der Waals surface area contributed by atoms with Crippen molar-refractivity contribution in [3.63, 3.8) is 0 Å². The van der Waals surface area contributed by atoms with Gasteiger partial charge >= 0.3 is 0 Å². The molecule has 1 aliphatic rings. The van der Waals surface area contributed by atoms with Crippen LogP contribution >= 0.6 is 0 Å². The smallest absolute Gasteiger partial charge is 0.0882 e. The van der Waals surface area contributed by atoms with E-state index >= 15 is 0 Å². The summed E-state index contributed by atoms with van der Waals surface area (Å²) in [7, 11) is 1.63. The van der Waals surface area contributed by atoms with Gasteiger partial charge in [0.2, 0.25) is 0 Å². The summed E-state index contributed by atoms with van der Waals surface area (Å²) in [5.41, 5.74) is -0.589. The molecule has 1 fully saturated rings. The lowest BCUT2D eigenvalue weighted by atomic mass is 10.0. The molecule has 0 aliphatic heterocycles. The third kappa shape index (κ3) is 1.50. The van der Waals surface area contributed by atoms with Gasteiger partial charge in [-0.1, -0.05) is 6.92 Å². The third-order valence-corrected chi connectivity index (χ3v) is 2.34. The highest BCUT2D eigenvalue weighted by Gasteiger charge is 2.46. The summed E-state index contributed by atoms with van der Waals surface area (Å²) in [5, 5.41) is 9.70. The molecule has 1 rings (SSSR count). The lowest BCUT2D eigenvalue weighted by Crippen LogP contribution is -2.33. The van der Waals surface area contributed by atoms with Crippen molar-refractivity contribution >= 4 is 0 Å². The van der Waals surface area contributed by atoms with Crippen LogP contribution in [0.2, 0.25) is 0 Å². The van der Waals surface area contributed by atoms with E-state index in [1.165, 1.54) is 0 Å². The van der Waals surface area contributed by atoms with Crippen molar-refractivity contribution < 1.29 is 9.84 Å². The van der Waals surface area contributed by atoms with Crippen LogP contribution < -0.4 is 0 Å². The molecule has 0 aromatic heterocycles. The van der Waals surface area contributed by atoms with Crippen LogP contribution in [0.25, 0.3) is 0 Å². The summed E-state index contributed by atoms with van der Waals surface area (Å²) in [5.74, 6) is 1.15. The maximum atomic E-state index is 9.70. The van der Waals surface area contributed by atoms with E-state index in [4.69, 9.17) is 4.74 Å². The summed E-state index contributed by atoms with van der Waals surface area (Å²) in [4.78, 5) is 0. The van der Waals surface area contributed by atoms with Gasteiger partial charge in [0.05, 0.1) is 12.2 Å². The second kappa shape index (κ2) is 2.51. The van der Waals surface area contributed by atoms with Crippen molar-refractivity contribution in [2.75, 3.05) is 13.7 Å². The Kier molecular flexibility index (Phi) is 2.02. The lowest BCUT2D eigenvalue weighted by Gasteiger charge is -2.21. The molecule has 0 aromatic carbocycles. The van der Waals surface area contributed by atoms with Crippen LogP contribution in [0.1, 0.15) is 20.3 Å². The Morgan fingerprint density at radius 2 is 2.20 bits per heavy atom. The molecular formula is C8H16O2. The number of aliphatic hydroxyl groups is 1. The average Bonchev–Trinajstić information content (AvgIpc) is 2.46. The Hall–Kier alpha value is -0.0800. The largest absolute Gasteiger partial charge is 0.387 e. The summed E-state index contributed by atoms with van der Waals surface area (Å²) in [6, 6.07) is 0. The van der Waals surface area contributed by atoms with Crippen LogP contribution in [0.3, 0.4) is 0 Å². The minimum Gasteiger partial charge on any atom is -0.387 e. The van der Waals surface area contributed by atoms with Crippen LogP contribution in [0, 0.1) is 11.8 Å².